The highest BCUT2D eigenvalue weighted by Gasteiger charge is 2.20. The highest BCUT2D eigenvalue weighted by molar-refractivity contribution is 6.27. The SMILES string of the molecule is c1ccc2c(c1)oc1ccc3c(c4ccccc4n3-c3ncc(-n4c5ccccc5c5ccccc54)cn3)c12. The Morgan fingerprint density at radius 1 is 0.436 bits per heavy atom. The first-order valence-electron chi connectivity index (χ1n) is 13.0. The van der Waals surface area contributed by atoms with Crippen molar-refractivity contribution in [2.75, 3.05) is 0 Å². The van der Waals surface area contributed by atoms with Gasteiger partial charge in [0.2, 0.25) is 5.95 Å². The highest BCUT2D eigenvalue weighted by Crippen LogP contribution is 2.40. The van der Waals surface area contributed by atoms with Crippen LogP contribution in [0.4, 0.5) is 0 Å². The molecule has 5 aromatic carbocycles. The molecule has 9 rings (SSSR count). The zero-order valence-corrected chi connectivity index (χ0v) is 20.7. The second-order valence-electron chi connectivity index (χ2n) is 9.89. The molecule has 0 aliphatic rings. The van der Waals surface area contributed by atoms with Crippen LogP contribution in [0.15, 0.2) is 126 Å². The Morgan fingerprint density at radius 3 is 1.69 bits per heavy atom. The maximum atomic E-state index is 6.21. The zero-order valence-electron chi connectivity index (χ0n) is 20.7. The predicted molar refractivity (Wildman–Crippen MR) is 158 cm³/mol. The molecule has 5 heteroatoms. The third kappa shape index (κ3) is 2.73. The van der Waals surface area contributed by atoms with Gasteiger partial charge in [-0.15, -0.1) is 0 Å². The fourth-order valence-corrected chi connectivity index (χ4v) is 6.24. The minimum atomic E-state index is 0.637. The standard InChI is InChI=1S/C34H20N4O/c1-5-13-26-22(9-1)23-10-2-6-14-27(23)37(26)21-19-35-34(36-20-21)38-28-15-7-3-11-24(28)32-29(38)17-18-31-33(32)25-12-4-8-16-30(25)39-31/h1-20H. The largest absolute Gasteiger partial charge is 0.456 e. The van der Waals surface area contributed by atoms with Crippen molar-refractivity contribution < 1.29 is 4.42 Å². The molecule has 0 amide bonds. The zero-order chi connectivity index (χ0) is 25.5. The van der Waals surface area contributed by atoms with Crippen LogP contribution in [0.1, 0.15) is 0 Å². The van der Waals surface area contributed by atoms with Crippen molar-refractivity contribution >= 4 is 65.6 Å². The summed E-state index contributed by atoms with van der Waals surface area (Å²) in [6.07, 6.45) is 3.85. The average Bonchev–Trinajstić information content (AvgIpc) is 3.65. The summed E-state index contributed by atoms with van der Waals surface area (Å²) in [6, 6.07) is 37.8. The monoisotopic (exact) mass is 500 g/mol. The second-order valence-corrected chi connectivity index (χ2v) is 9.89. The molecule has 4 aromatic heterocycles. The number of aromatic nitrogens is 4. The smallest absolute Gasteiger partial charge is 0.234 e. The molecule has 39 heavy (non-hydrogen) atoms. The van der Waals surface area contributed by atoms with Crippen LogP contribution in [0.25, 0.3) is 77.2 Å². The molecule has 0 radical (unpaired) electrons. The lowest BCUT2D eigenvalue weighted by Crippen LogP contribution is -2.03. The van der Waals surface area contributed by atoms with Crippen molar-refractivity contribution in [3.8, 4) is 11.6 Å². The molecule has 182 valence electrons. The number of para-hydroxylation sites is 4. The molecule has 9 aromatic rings. The lowest BCUT2D eigenvalue weighted by atomic mass is 10.1. The van der Waals surface area contributed by atoms with Crippen LogP contribution in [0, 0.1) is 0 Å². The molecule has 0 aliphatic heterocycles. The minimum absolute atomic E-state index is 0.637. The third-order valence-corrected chi connectivity index (χ3v) is 7.84. The molecular formula is C34H20N4O. The molecule has 4 heterocycles. The topological polar surface area (TPSA) is 48.8 Å². The molecule has 0 unspecified atom stereocenters. The summed E-state index contributed by atoms with van der Waals surface area (Å²) in [5.41, 5.74) is 7.11. The Labute approximate surface area is 222 Å². The Balaban J connectivity index is 1.31. The van der Waals surface area contributed by atoms with Crippen molar-refractivity contribution in [3.63, 3.8) is 0 Å². The van der Waals surface area contributed by atoms with Crippen molar-refractivity contribution in [3.05, 3.63) is 122 Å². The number of benzene rings is 5. The van der Waals surface area contributed by atoms with Gasteiger partial charge in [-0.3, -0.25) is 4.57 Å². The molecule has 5 nitrogen and oxygen atoms in total. The fraction of sp³-hybridized carbons (Fsp3) is 0. The van der Waals surface area contributed by atoms with E-state index in [0.717, 1.165) is 60.5 Å². The van der Waals surface area contributed by atoms with Crippen LogP contribution in [-0.4, -0.2) is 19.1 Å². The van der Waals surface area contributed by atoms with Crippen LogP contribution < -0.4 is 0 Å². The summed E-state index contributed by atoms with van der Waals surface area (Å²) >= 11 is 0. The highest BCUT2D eigenvalue weighted by atomic mass is 16.3. The molecule has 0 N–H and O–H groups in total. The lowest BCUT2D eigenvalue weighted by molar-refractivity contribution is 0.669. The number of rotatable bonds is 2. The molecular weight excluding hydrogens is 480 g/mol. The summed E-state index contributed by atoms with van der Waals surface area (Å²) in [4.78, 5) is 9.86. The molecule has 0 bridgehead atoms. The van der Waals surface area contributed by atoms with E-state index in [9.17, 15) is 0 Å². The van der Waals surface area contributed by atoms with Crippen LogP contribution >= 0.6 is 0 Å². The van der Waals surface area contributed by atoms with E-state index in [-0.39, 0.29) is 0 Å². The van der Waals surface area contributed by atoms with Gasteiger partial charge in [0.1, 0.15) is 11.2 Å². The fourth-order valence-electron chi connectivity index (χ4n) is 6.24. The summed E-state index contributed by atoms with van der Waals surface area (Å²) < 4.78 is 10.6. The van der Waals surface area contributed by atoms with Gasteiger partial charge in [0, 0.05) is 32.3 Å². The number of hydrogen-bond donors (Lipinski definition) is 0. The molecule has 0 fully saturated rings. The third-order valence-electron chi connectivity index (χ3n) is 7.84. The number of hydrogen-bond acceptors (Lipinski definition) is 3. The molecule has 0 saturated heterocycles. The van der Waals surface area contributed by atoms with E-state index in [4.69, 9.17) is 14.4 Å². The van der Waals surface area contributed by atoms with Crippen molar-refractivity contribution in [2.24, 2.45) is 0 Å². The van der Waals surface area contributed by atoms with Crippen molar-refractivity contribution in [2.45, 2.75) is 0 Å². The van der Waals surface area contributed by atoms with Gasteiger partial charge in [0.25, 0.3) is 0 Å². The van der Waals surface area contributed by atoms with Gasteiger partial charge >= 0.3 is 0 Å². The van der Waals surface area contributed by atoms with E-state index in [1.54, 1.807) is 0 Å². The van der Waals surface area contributed by atoms with E-state index in [2.05, 4.69) is 106 Å². The Hall–Kier alpha value is -5.42. The molecule has 0 aliphatic carbocycles. The predicted octanol–water partition coefficient (Wildman–Crippen LogP) is 8.57. The normalized spacial score (nSPS) is 12.1. The van der Waals surface area contributed by atoms with E-state index < -0.39 is 0 Å². The first-order chi connectivity index (χ1) is 19.4. The lowest BCUT2D eigenvalue weighted by Gasteiger charge is -2.09. The Kier molecular flexibility index (Phi) is 3.99. The van der Waals surface area contributed by atoms with Gasteiger partial charge in [-0.1, -0.05) is 72.8 Å². The summed E-state index contributed by atoms with van der Waals surface area (Å²) in [6.45, 7) is 0. The van der Waals surface area contributed by atoms with Gasteiger partial charge in [-0.25, -0.2) is 9.97 Å². The first kappa shape index (κ1) is 20.6. The van der Waals surface area contributed by atoms with Gasteiger partial charge in [-0.05, 0) is 36.4 Å². The molecule has 0 spiro atoms. The minimum Gasteiger partial charge on any atom is -0.456 e. The average molecular weight is 501 g/mol. The van der Waals surface area contributed by atoms with E-state index in [1.807, 2.05) is 24.5 Å². The second kappa shape index (κ2) is 7.55. The number of nitrogens with zero attached hydrogens (tertiary/aromatic N) is 4. The van der Waals surface area contributed by atoms with Gasteiger partial charge < -0.3 is 8.98 Å². The molecule has 0 atom stereocenters. The number of fused-ring (bicyclic) bond motifs is 10. The maximum absolute atomic E-state index is 6.21. The Morgan fingerprint density at radius 2 is 1.00 bits per heavy atom. The first-order valence-corrected chi connectivity index (χ1v) is 13.0. The van der Waals surface area contributed by atoms with Gasteiger partial charge in [0.05, 0.1) is 40.1 Å². The Bertz CT molecular complexity index is 2340. The van der Waals surface area contributed by atoms with Crippen molar-refractivity contribution in [1.29, 1.82) is 0 Å². The molecule has 0 saturated carbocycles. The summed E-state index contributed by atoms with van der Waals surface area (Å²) in [5.74, 6) is 0.637. The summed E-state index contributed by atoms with van der Waals surface area (Å²) in [7, 11) is 0. The van der Waals surface area contributed by atoms with E-state index in [0.29, 0.717) is 5.95 Å². The number of furan rings is 1. The van der Waals surface area contributed by atoms with Gasteiger partial charge in [0.15, 0.2) is 0 Å². The van der Waals surface area contributed by atoms with Crippen LogP contribution in [0.5, 0.6) is 0 Å². The van der Waals surface area contributed by atoms with Crippen LogP contribution in [0.3, 0.4) is 0 Å². The van der Waals surface area contributed by atoms with Crippen LogP contribution in [0.2, 0.25) is 0 Å². The van der Waals surface area contributed by atoms with Gasteiger partial charge in [-0.2, -0.15) is 0 Å². The quantitative estimate of drug-likeness (QED) is 0.239. The van der Waals surface area contributed by atoms with Crippen molar-refractivity contribution in [1.82, 2.24) is 19.1 Å². The van der Waals surface area contributed by atoms with Crippen LogP contribution in [-0.2, 0) is 0 Å². The summed E-state index contributed by atoms with van der Waals surface area (Å²) in [5, 5.41) is 6.98. The van der Waals surface area contributed by atoms with E-state index >= 15 is 0 Å². The van der Waals surface area contributed by atoms with E-state index in [1.165, 1.54) is 10.8 Å². The maximum Gasteiger partial charge on any atom is 0.234 e.